The number of amides is 2. The number of carbonyl (C=O) groups is 3. The third-order valence-electron chi connectivity index (χ3n) is 3.07. The van der Waals surface area contributed by atoms with Gasteiger partial charge in [-0.25, -0.2) is 0 Å². The monoisotopic (exact) mass is 310 g/mol. The molecule has 0 heterocycles. The van der Waals surface area contributed by atoms with E-state index >= 15 is 0 Å². The van der Waals surface area contributed by atoms with E-state index in [1.807, 2.05) is 0 Å². The van der Waals surface area contributed by atoms with Gasteiger partial charge in [-0.1, -0.05) is 11.6 Å². The summed E-state index contributed by atoms with van der Waals surface area (Å²) in [5, 5.41) is 11.7. The number of rotatable bonds is 5. The van der Waals surface area contributed by atoms with Crippen LogP contribution in [-0.4, -0.2) is 40.4 Å². The molecule has 6 nitrogen and oxygen atoms in total. The fourth-order valence-electron chi connectivity index (χ4n) is 2.02. The van der Waals surface area contributed by atoms with Gasteiger partial charge in [0.15, 0.2) is 0 Å². The van der Waals surface area contributed by atoms with Crippen molar-refractivity contribution in [1.29, 1.82) is 0 Å². The second-order valence-corrected chi connectivity index (χ2v) is 5.34. The molecule has 21 heavy (non-hydrogen) atoms. The van der Waals surface area contributed by atoms with Gasteiger partial charge in [0, 0.05) is 18.7 Å². The van der Waals surface area contributed by atoms with E-state index in [2.05, 4.69) is 5.32 Å². The second kappa shape index (κ2) is 6.13. The van der Waals surface area contributed by atoms with E-state index in [1.54, 1.807) is 6.07 Å². The first-order valence-corrected chi connectivity index (χ1v) is 6.86. The Kier molecular flexibility index (Phi) is 4.47. The largest absolute Gasteiger partial charge is 0.480 e. The molecule has 1 fully saturated rings. The van der Waals surface area contributed by atoms with Crippen LogP contribution in [0.5, 0.6) is 0 Å². The van der Waals surface area contributed by atoms with Crippen molar-refractivity contribution in [3.63, 3.8) is 0 Å². The Bertz CT molecular complexity index is 599. The molecule has 0 saturated heterocycles. The van der Waals surface area contributed by atoms with Crippen molar-refractivity contribution in [2.45, 2.75) is 25.8 Å². The molecule has 2 N–H and O–H groups in total. The quantitative estimate of drug-likeness (QED) is 0.870. The van der Waals surface area contributed by atoms with Gasteiger partial charge in [0.05, 0.1) is 10.6 Å². The summed E-state index contributed by atoms with van der Waals surface area (Å²) in [6, 6.07) is 4.50. The molecule has 2 rings (SSSR count). The topological polar surface area (TPSA) is 86.7 Å². The predicted octanol–water partition coefficient (Wildman–Crippen LogP) is 1.99. The maximum Gasteiger partial charge on any atom is 0.323 e. The normalized spacial score (nSPS) is 13.6. The molecule has 1 aromatic carbocycles. The van der Waals surface area contributed by atoms with Gasteiger partial charge in [-0.05, 0) is 31.0 Å². The highest BCUT2D eigenvalue weighted by molar-refractivity contribution is 6.34. The minimum absolute atomic E-state index is 0.0471. The van der Waals surface area contributed by atoms with E-state index in [0.29, 0.717) is 5.69 Å². The van der Waals surface area contributed by atoms with E-state index < -0.39 is 11.9 Å². The minimum atomic E-state index is -1.07. The molecule has 0 aromatic heterocycles. The Hall–Kier alpha value is -2.08. The number of aliphatic carboxylic acids is 1. The first kappa shape index (κ1) is 15.3. The lowest BCUT2D eigenvalue weighted by Gasteiger charge is -2.21. The number of hydrogen-bond donors (Lipinski definition) is 2. The number of carboxylic acids is 1. The first-order chi connectivity index (χ1) is 9.88. The number of benzene rings is 1. The molecule has 1 aliphatic rings. The fourth-order valence-corrected chi connectivity index (χ4v) is 2.22. The van der Waals surface area contributed by atoms with Crippen LogP contribution in [0.2, 0.25) is 5.02 Å². The van der Waals surface area contributed by atoms with E-state index in [1.165, 1.54) is 24.0 Å². The zero-order chi connectivity index (χ0) is 15.6. The van der Waals surface area contributed by atoms with Crippen LogP contribution in [0, 0.1) is 0 Å². The molecule has 0 aliphatic heterocycles. The molecule has 0 atom stereocenters. The number of halogens is 1. The lowest BCUT2D eigenvalue weighted by atomic mass is 10.1. The number of anilines is 1. The third kappa shape index (κ3) is 3.95. The molecular weight excluding hydrogens is 296 g/mol. The van der Waals surface area contributed by atoms with Crippen molar-refractivity contribution in [3.05, 3.63) is 28.8 Å². The summed E-state index contributed by atoms with van der Waals surface area (Å²) in [6.07, 6.45) is 1.59. The van der Waals surface area contributed by atoms with Crippen LogP contribution in [0.15, 0.2) is 18.2 Å². The van der Waals surface area contributed by atoms with E-state index in [-0.39, 0.29) is 29.1 Å². The molecular formula is C14H15ClN2O4. The highest BCUT2D eigenvalue weighted by Crippen LogP contribution is 2.30. The van der Waals surface area contributed by atoms with Crippen LogP contribution in [0.1, 0.15) is 30.1 Å². The van der Waals surface area contributed by atoms with E-state index in [4.69, 9.17) is 16.7 Å². The number of carbonyl (C=O) groups excluding carboxylic acids is 2. The standard InChI is InChI=1S/C14H15ClN2O4/c1-8(18)16-9-2-5-12(15)11(6-9)14(21)17(7-13(19)20)10-3-4-10/h2,5-6,10H,3-4,7H2,1H3,(H,16,18)(H,19,20). The zero-order valence-electron chi connectivity index (χ0n) is 11.4. The molecule has 0 spiro atoms. The molecule has 0 bridgehead atoms. The number of nitrogens with zero attached hydrogens (tertiary/aromatic N) is 1. The molecule has 1 aliphatic carbocycles. The van der Waals surface area contributed by atoms with Crippen LogP contribution in [0.25, 0.3) is 0 Å². The van der Waals surface area contributed by atoms with Gasteiger partial charge in [-0.2, -0.15) is 0 Å². The van der Waals surface area contributed by atoms with Gasteiger partial charge in [-0.15, -0.1) is 0 Å². The molecule has 0 unspecified atom stereocenters. The van der Waals surface area contributed by atoms with Crippen molar-refractivity contribution in [3.8, 4) is 0 Å². The molecule has 112 valence electrons. The summed E-state index contributed by atoms with van der Waals surface area (Å²) in [6.45, 7) is 1.00. The van der Waals surface area contributed by atoms with Gasteiger partial charge in [-0.3, -0.25) is 14.4 Å². The molecule has 2 amide bonds. The maximum atomic E-state index is 12.5. The van der Waals surface area contributed by atoms with Crippen LogP contribution in [-0.2, 0) is 9.59 Å². The summed E-state index contributed by atoms with van der Waals surface area (Å²) in [5.74, 6) is -1.76. The lowest BCUT2D eigenvalue weighted by Crippen LogP contribution is -2.37. The molecule has 0 radical (unpaired) electrons. The van der Waals surface area contributed by atoms with Gasteiger partial charge in [0.1, 0.15) is 6.54 Å². The average Bonchev–Trinajstić information content (AvgIpc) is 3.21. The summed E-state index contributed by atoms with van der Waals surface area (Å²) in [7, 11) is 0. The van der Waals surface area contributed by atoms with Gasteiger partial charge >= 0.3 is 5.97 Å². The predicted molar refractivity (Wildman–Crippen MR) is 77.5 cm³/mol. The Morgan fingerprint density at radius 3 is 2.57 bits per heavy atom. The van der Waals surface area contributed by atoms with E-state index in [0.717, 1.165) is 12.8 Å². The summed E-state index contributed by atoms with van der Waals surface area (Å²) in [4.78, 5) is 35.7. The number of nitrogens with one attached hydrogen (secondary N) is 1. The average molecular weight is 311 g/mol. The first-order valence-electron chi connectivity index (χ1n) is 6.48. The van der Waals surface area contributed by atoms with Crippen molar-refractivity contribution >= 4 is 35.1 Å². The summed E-state index contributed by atoms with van der Waals surface area (Å²) >= 11 is 6.03. The maximum absolute atomic E-state index is 12.5. The van der Waals surface area contributed by atoms with Crippen LogP contribution < -0.4 is 5.32 Å². The SMILES string of the molecule is CC(=O)Nc1ccc(Cl)c(C(=O)N(CC(=O)O)C2CC2)c1. The highest BCUT2D eigenvalue weighted by Gasteiger charge is 2.35. The lowest BCUT2D eigenvalue weighted by molar-refractivity contribution is -0.137. The van der Waals surface area contributed by atoms with Gasteiger partial charge < -0.3 is 15.3 Å². The molecule has 1 aromatic rings. The zero-order valence-corrected chi connectivity index (χ0v) is 12.2. The Balaban J connectivity index is 2.27. The Labute approximate surface area is 126 Å². The van der Waals surface area contributed by atoms with Crippen molar-refractivity contribution < 1.29 is 19.5 Å². The molecule has 7 heteroatoms. The smallest absolute Gasteiger partial charge is 0.323 e. The van der Waals surface area contributed by atoms with Gasteiger partial charge in [0.2, 0.25) is 5.91 Å². The van der Waals surface area contributed by atoms with Crippen LogP contribution >= 0.6 is 11.6 Å². The summed E-state index contributed by atoms with van der Waals surface area (Å²) < 4.78 is 0. The number of hydrogen-bond acceptors (Lipinski definition) is 3. The number of carboxylic acid groups (broad SMARTS) is 1. The highest BCUT2D eigenvalue weighted by atomic mass is 35.5. The van der Waals surface area contributed by atoms with Crippen molar-refractivity contribution in [1.82, 2.24) is 4.90 Å². The Morgan fingerprint density at radius 2 is 2.05 bits per heavy atom. The minimum Gasteiger partial charge on any atom is -0.480 e. The Morgan fingerprint density at radius 1 is 1.38 bits per heavy atom. The third-order valence-corrected chi connectivity index (χ3v) is 3.40. The van der Waals surface area contributed by atoms with E-state index in [9.17, 15) is 14.4 Å². The second-order valence-electron chi connectivity index (χ2n) is 4.93. The van der Waals surface area contributed by atoms with Gasteiger partial charge in [0.25, 0.3) is 5.91 Å². The van der Waals surface area contributed by atoms with Crippen molar-refractivity contribution in [2.75, 3.05) is 11.9 Å². The fraction of sp³-hybridized carbons (Fsp3) is 0.357. The summed E-state index contributed by atoms with van der Waals surface area (Å²) in [5.41, 5.74) is 0.636. The van der Waals surface area contributed by atoms with Crippen LogP contribution in [0.4, 0.5) is 5.69 Å². The molecule has 1 saturated carbocycles. The van der Waals surface area contributed by atoms with Crippen LogP contribution in [0.3, 0.4) is 0 Å². The van der Waals surface area contributed by atoms with Crippen molar-refractivity contribution in [2.24, 2.45) is 0 Å².